The molecule has 0 aliphatic carbocycles. The van der Waals surface area contributed by atoms with Gasteiger partial charge in [-0.25, -0.2) is 9.67 Å². The average Bonchev–Trinajstić information content (AvgIpc) is 2.98. The van der Waals surface area contributed by atoms with Gasteiger partial charge in [-0.15, -0.1) is 0 Å². The van der Waals surface area contributed by atoms with Crippen molar-refractivity contribution in [2.24, 2.45) is 7.05 Å². The number of aryl methyl sites for hydroxylation is 2. The first-order valence-corrected chi connectivity index (χ1v) is 6.85. The van der Waals surface area contributed by atoms with Crippen LogP contribution in [0.25, 0.3) is 0 Å². The van der Waals surface area contributed by atoms with Crippen molar-refractivity contribution < 1.29 is 4.79 Å². The number of nitrogens with one attached hydrogen (secondary N) is 1. The van der Waals surface area contributed by atoms with E-state index in [0.717, 1.165) is 24.5 Å². The van der Waals surface area contributed by atoms with Gasteiger partial charge in [0.1, 0.15) is 12.2 Å². The SMILES string of the molecule is CCCn1ncnc1C(C)NC(=O)c1ccn(C)c1C. The Morgan fingerprint density at radius 1 is 1.50 bits per heavy atom. The molecule has 6 heteroatoms. The Hall–Kier alpha value is -2.11. The summed E-state index contributed by atoms with van der Waals surface area (Å²) in [5, 5.41) is 7.15. The minimum absolute atomic E-state index is 0.0818. The maximum atomic E-state index is 12.3. The van der Waals surface area contributed by atoms with Crippen molar-refractivity contribution in [2.45, 2.75) is 39.8 Å². The lowest BCUT2D eigenvalue weighted by Crippen LogP contribution is -2.29. The smallest absolute Gasteiger partial charge is 0.253 e. The highest BCUT2D eigenvalue weighted by molar-refractivity contribution is 5.95. The van der Waals surface area contributed by atoms with Crippen LogP contribution in [0.1, 0.15) is 48.2 Å². The first-order valence-electron chi connectivity index (χ1n) is 6.85. The van der Waals surface area contributed by atoms with Gasteiger partial charge in [-0.3, -0.25) is 4.79 Å². The van der Waals surface area contributed by atoms with E-state index >= 15 is 0 Å². The number of hydrogen-bond acceptors (Lipinski definition) is 3. The molecule has 1 amide bonds. The van der Waals surface area contributed by atoms with Crippen molar-refractivity contribution in [2.75, 3.05) is 0 Å². The fourth-order valence-electron chi connectivity index (χ4n) is 2.18. The van der Waals surface area contributed by atoms with Gasteiger partial charge < -0.3 is 9.88 Å². The summed E-state index contributed by atoms with van der Waals surface area (Å²) in [5.41, 5.74) is 1.64. The van der Waals surface area contributed by atoms with Crippen LogP contribution in [-0.2, 0) is 13.6 Å². The molecule has 6 nitrogen and oxygen atoms in total. The lowest BCUT2D eigenvalue weighted by atomic mass is 10.2. The highest BCUT2D eigenvalue weighted by Crippen LogP contribution is 2.13. The molecule has 2 rings (SSSR count). The van der Waals surface area contributed by atoms with Crippen molar-refractivity contribution in [1.29, 1.82) is 0 Å². The Bertz CT molecular complexity index is 598. The van der Waals surface area contributed by atoms with E-state index in [1.54, 1.807) is 0 Å². The molecule has 0 saturated heterocycles. The molecule has 0 fully saturated rings. The first-order chi connectivity index (χ1) is 9.54. The molecular weight excluding hydrogens is 254 g/mol. The Morgan fingerprint density at radius 3 is 2.85 bits per heavy atom. The maximum absolute atomic E-state index is 12.3. The van der Waals surface area contributed by atoms with E-state index < -0.39 is 0 Å². The standard InChI is InChI=1S/C14H21N5O/c1-5-7-19-13(15-9-16-19)10(2)17-14(20)12-6-8-18(4)11(12)3/h6,8-10H,5,7H2,1-4H3,(H,17,20). The fourth-order valence-corrected chi connectivity index (χ4v) is 2.18. The number of nitrogens with zero attached hydrogens (tertiary/aromatic N) is 4. The van der Waals surface area contributed by atoms with E-state index in [1.165, 1.54) is 6.33 Å². The highest BCUT2D eigenvalue weighted by atomic mass is 16.1. The van der Waals surface area contributed by atoms with Crippen LogP contribution in [0.2, 0.25) is 0 Å². The van der Waals surface area contributed by atoms with Gasteiger partial charge in [0.15, 0.2) is 0 Å². The summed E-state index contributed by atoms with van der Waals surface area (Å²) >= 11 is 0. The van der Waals surface area contributed by atoms with Gasteiger partial charge in [-0.05, 0) is 26.3 Å². The number of carbonyl (C=O) groups excluding carboxylic acids is 1. The van der Waals surface area contributed by atoms with Crippen molar-refractivity contribution in [3.05, 3.63) is 35.7 Å². The van der Waals surface area contributed by atoms with E-state index in [4.69, 9.17) is 0 Å². The van der Waals surface area contributed by atoms with Gasteiger partial charge in [0, 0.05) is 25.5 Å². The van der Waals surface area contributed by atoms with E-state index in [1.807, 2.05) is 42.4 Å². The third-order valence-corrected chi connectivity index (χ3v) is 3.44. The molecular formula is C14H21N5O. The van der Waals surface area contributed by atoms with Crippen LogP contribution < -0.4 is 5.32 Å². The van der Waals surface area contributed by atoms with Gasteiger partial charge in [0.25, 0.3) is 5.91 Å². The van der Waals surface area contributed by atoms with Gasteiger partial charge in [-0.1, -0.05) is 6.92 Å². The Kier molecular flexibility index (Phi) is 4.22. The number of carbonyl (C=O) groups is 1. The molecule has 2 aromatic rings. The molecule has 0 bridgehead atoms. The number of amides is 1. The van der Waals surface area contributed by atoms with Crippen molar-refractivity contribution in [3.8, 4) is 0 Å². The van der Waals surface area contributed by atoms with Gasteiger partial charge in [0.05, 0.1) is 11.6 Å². The van der Waals surface area contributed by atoms with E-state index in [0.29, 0.717) is 5.56 Å². The molecule has 1 atom stereocenters. The normalized spacial score (nSPS) is 12.4. The molecule has 20 heavy (non-hydrogen) atoms. The van der Waals surface area contributed by atoms with Crippen LogP contribution in [0, 0.1) is 6.92 Å². The molecule has 0 saturated carbocycles. The minimum atomic E-state index is -0.170. The first kappa shape index (κ1) is 14.3. The van der Waals surface area contributed by atoms with E-state index in [-0.39, 0.29) is 11.9 Å². The molecule has 0 aliphatic rings. The van der Waals surface area contributed by atoms with Gasteiger partial charge in [0.2, 0.25) is 0 Å². The van der Waals surface area contributed by atoms with E-state index in [2.05, 4.69) is 22.3 Å². The largest absolute Gasteiger partial charge is 0.354 e. The zero-order chi connectivity index (χ0) is 14.7. The Labute approximate surface area is 118 Å². The second kappa shape index (κ2) is 5.90. The second-order valence-corrected chi connectivity index (χ2v) is 4.96. The van der Waals surface area contributed by atoms with Gasteiger partial charge >= 0.3 is 0 Å². The molecule has 0 radical (unpaired) electrons. The third-order valence-electron chi connectivity index (χ3n) is 3.44. The Morgan fingerprint density at radius 2 is 2.25 bits per heavy atom. The van der Waals surface area contributed by atoms with Crippen molar-refractivity contribution in [1.82, 2.24) is 24.6 Å². The molecule has 2 heterocycles. The predicted molar refractivity (Wildman–Crippen MR) is 76.3 cm³/mol. The van der Waals surface area contributed by atoms with Crippen molar-refractivity contribution in [3.63, 3.8) is 0 Å². The summed E-state index contributed by atoms with van der Waals surface area (Å²) in [5.74, 6) is 0.704. The third kappa shape index (κ3) is 2.74. The van der Waals surface area contributed by atoms with Crippen LogP contribution in [0.4, 0.5) is 0 Å². The average molecular weight is 275 g/mol. The molecule has 0 aromatic carbocycles. The van der Waals surface area contributed by atoms with Crippen LogP contribution in [-0.4, -0.2) is 25.2 Å². The number of aromatic nitrogens is 4. The zero-order valence-corrected chi connectivity index (χ0v) is 12.4. The molecule has 1 unspecified atom stereocenters. The summed E-state index contributed by atoms with van der Waals surface area (Å²) in [6, 6.07) is 1.66. The van der Waals surface area contributed by atoms with Crippen LogP contribution in [0.15, 0.2) is 18.6 Å². The van der Waals surface area contributed by atoms with Gasteiger partial charge in [-0.2, -0.15) is 5.10 Å². The zero-order valence-electron chi connectivity index (χ0n) is 12.4. The summed E-state index contributed by atoms with van der Waals surface area (Å²) < 4.78 is 3.77. The summed E-state index contributed by atoms with van der Waals surface area (Å²) in [6.07, 6.45) is 4.39. The molecule has 1 N–H and O–H groups in total. The summed E-state index contributed by atoms with van der Waals surface area (Å²) in [6.45, 7) is 6.74. The molecule has 0 aliphatic heterocycles. The lowest BCUT2D eigenvalue weighted by molar-refractivity contribution is 0.0936. The fraction of sp³-hybridized carbons (Fsp3) is 0.500. The Balaban J connectivity index is 2.11. The topological polar surface area (TPSA) is 64.7 Å². The highest BCUT2D eigenvalue weighted by Gasteiger charge is 2.18. The minimum Gasteiger partial charge on any atom is -0.354 e. The predicted octanol–water partition coefficient (Wildman–Crippen LogP) is 1.83. The molecule has 108 valence electrons. The molecule has 0 spiro atoms. The van der Waals surface area contributed by atoms with Crippen molar-refractivity contribution >= 4 is 5.91 Å². The lowest BCUT2D eigenvalue weighted by Gasteiger charge is -2.14. The summed E-state index contributed by atoms with van der Waals surface area (Å²) in [7, 11) is 1.92. The molecule has 2 aromatic heterocycles. The monoisotopic (exact) mass is 275 g/mol. The second-order valence-electron chi connectivity index (χ2n) is 4.96. The van der Waals surface area contributed by atoms with Crippen LogP contribution in [0.3, 0.4) is 0 Å². The quantitative estimate of drug-likeness (QED) is 0.905. The van der Waals surface area contributed by atoms with Crippen LogP contribution >= 0.6 is 0 Å². The number of hydrogen-bond donors (Lipinski definition) is 1. The summed E-state index contributed by atoms with van der Waals surface area (Å²) in [4.78, 5) is 16.5. The van der Waals surface area contributed by atoms with E-state index in [9.17, 15) is 4.79 Å². The van der Waals surface area contributed by atoms with Crippen LogP contribution in [0.5, 0.6) is 0 Å². The maximum Gasteiger partial charge on any atom is 0.253 e. The number of rotatable bonds is 5.